The number of anilines is 1. The number of carbonyl (C=O) groups excluding carboxylic acids is 1. The van der Waals surface area contributed by atoms with Gasteiger partial charge >= 0.3 is 0 Å². The Morgan fingerprint density at radius 2 is 1.92 bits per heavy atom. The summed E-state index contributed by atoms with van der Waals surface area (Å²) >= 11 is 5.91. The molecule has 1 N–H and O–H groups in total. The van der Waals surface area contributed by atoms with E-state index in [4.69, 9.17) is 11.6 Å². The van der Waals surface area contributed by atoms with Crippen molar-refractivity contribution in [3.05, 3.63) is 83.8 Å². The number of amides is 1. The first-order valence-electron chi connectivity index (χ1n) is 7.66. The van der Waals surface area contributed by atoms with E-state index in [1.54, 1.807) is 30.5 Å². The lowest BCUT2D eigenvalue weighted by Gasteiger charge is -2.04. The summed E-state index contributed by atoms with van der Waals surface area (Å²) in [6.45, 7) is 0. The van der Waals surface area contributed by atoms with Gasteiger partial charge in [0, 0.05) is 34.7 Å². The number of nitrogens with zero attached hydrogens (tertiary/aromatic N) is 3. The van der Waals surface area contributed by atoms with E-state index in [0.717, 1.165) is 11.3 Å². The van der Waals surface area contributed by atoms with Crippen molar-refractivity contribution in [2.75, 3.05) is 5.32 Å². The van der Waals surface area contributed by atoms with E-state index in [-0.39, 0.29) is 5.91 Å². The van der Waals surface area contributed by atoms with Gasteiger partial charge in [0.15, 0.2) is 0 Å². The van der Waals surface area contributed by atoms with Crippen LogP contribution >= 0.6 is 11.6 Å². The van der Waals surface area contributed by atoms with Gasteiger partial charge in [-0.25, -0.2) is 9.97 Å². The smallest absolute Gasteiger partial charge is 0.257 e. The number of carbonyl (C=O) groups is 1. The van der Waals surface area contributed by atoms with Gasteiger partial charge in [-0.1, -0.05) is 41.9 Å². The van der Waals surface area contributed by atoms with E-state index in [9.17, 15) is 4.79 Å². The zero-order valence-electron chi connectivity index (χ0n) is 13.1. The molecule has 1 aromatic carbocycles. The number of hydrogen-bond donors (Lipinski definition) is 1. The standard InChI is InChI=1S/C19H13ClN4O/c20-15-6-8-21-17(11-15)23-19(25)14-7-9-24-12-16(22-18(24)10-14)13-4-2-1-3-5-13/h1-12H,(H,21,23,25). The number of rotatable bonds is 3. The number of benzene rings is 1. The fourth-order valence-electron chi connectivity index (χ4n) is 2.53. The van der Waals surface area contributed by atoms with Crippen LogP contribution in [-0.2, 0) is 0 Å². The highest BCUT2D eigenvalue weighted by Gasteiger charge is 2.10. The second kappa shape index (κ2) is 6.37. The maximum Gasteiger partial charge on any atom is 0.257 e. The van der Waals surface area contributed by atoms with Crippen molar-refractivity contribution in [3.63, 3.8) is 0 Å². The molecule has 0 aliphatic rings. The Balaban J connectivity index is 1.63. The number of aromatic nitrogens is 3. The third kappa shape index (κ3) is 3.22. The van der Waals surface area contributed by atoms with Crippen LogP contribution < -0.4 is 5.32 Å². The summed E-state index contributed by atoms with van der Waals surface area (Å²) in [4.78, 5) is 21.1. The summed E-state index contributed by atoms with van der Waals surface area (Å²) in [5.74, 6) is 0.146. The molecule has 5 nitrogen and oxygen atoms in total. The van der Waals surface area contributed by atoms with Gasteiger partial charge in [-0.3, -0.25) is 4.79 Å². The van der Waals surface area contributed by atoms with Crippen LogP contribution in [0.15, 0.2) is 73.2 Å². The van der Waals surface area contributed by atoms with Crippen LogP contribution in [0, 0.1) is 0 Å². The quantitative estimate of drug-likeness (QED) is 0.600. The van der Waals surface area contributed by atoms with Gasteiger partial charge in [-0.05, 0) is 24.3 Å². The van der Waals surface area contributed by atoms with Crippen LogP contribution in [0.4, 0.5) is 5.82 Å². The first-order chi connectivity index (χ1) is 12.2. The van der Waals surface area contributed by atoms with Crippen molar-refractivity contribution in [3.8, 4) is 11.3 Å². The molecule has 25 heavy (non-hydrogen) atoms. The number of nitrogens with one attached hydrogen (secondary N) is 1. The van der Waals surface area contributed by atoms with Gasteiger partial charge in [0.2, 0.25) is 0 Å². The molecule has 4 rings (SSSR count). The lowest BCUT2D eigenvalue weighted by molar-refractivity contribution is 0.102. The minimum Gasteiger partial charge on any atom is -0.307 e. The highest BCUT2D eigenvalue weighted by molar-refractivity contribution is 6.30. The zero-order valence-corrected chi connectivity index (χ0v) is 13.8. The normalized spacial score (nSPS) is 10.8. The van der Waals surface area contributed by atoms with Crippen LogP contribution in [0.5, 0.6) is 0 Å². The Morgan fingerprint density at radius 3 is 2.72 bits per heavy atom. The molecule has 0 aliphatic carbocycles. The van der Waals surface area contributed by atoms with Gasteiger partial charge in [0.1, 0.15) is 11.5 Å². The molecule has 4 aromatic rings. The first-order valence-corrected chi connectivity index (χ1v) is 8.04. The average molecular weight is 349 g/mol. The Kier molecular flexibility index (Phi) is 3.91. The monoisotopic (exact) mass is 348 g/mol. The number of pyridine rings is 2. The fraction of sp³-hybridized carbons (Fsp3) is 0. The van der Waals surface area contributed by atoms with Crippen LogP contribution in [0.25, 0.3) is 16.9 Å². The van der Waals surface area contributed by atoms with Crippen molar-refractivity contribution in [1.82, 2.24) is 14.4 Å². The minimum absolute atomic E-state index is 0.262. The predicted molar refractivity (Wildman–Crippen MR) is 97.8 cm³/mol. The summed E-state index contributed by atoms with van der Waals surface area (Å²) in [6, 6.07) is 16.6. The summed E-state index contributed by atoms with van der Waals surface area (Å²) in [5.41, 5.74) is 3.08. The molecular weight excluding hydrogens is 336 g/mol. The van der Waals surface area contributed by atoms with Crippen molar-refractivity contribution in [1.29, 1.82) is 0 Å². The van der Waals surface area contributed by atoms with Gasteiger partial charge in [0.05, 0.1) is 5.69 Å². The maximum absolute atomic E-state index is 12.4. The molecule has 0 fully saturated rings. The lowest BCUT2D eigenvalue weighted by Crippen LogP contribution is -2.13. The Bertz CT molecular complexity index is 1060. The van der Waals surface area contributed by atoms with Crippen molar-refractivity contribution in [2.24, 2.45) is 0 Å². The van der Waals surface area contributed by atoms with Crippen LogP contribution in [-0.4, -0.2) is 20.3 Å². The fourth-order valence-corrected chi connectivity index (χ4v) is 2.69. The molecule has 3 heterocycles. The molecular formula is C19H13ClN4O. The Hall–Kier alpha value is -3.18. The van der Waals surface area contributed by atoms with Crippen molar-refractivity contribution >= 4 is 29.0 Å². The third-order valence-electron chi connectivity index (χ3n) is 3.76. The topological polar surface area (TPSA) is 59.3 Å². The van der Waals surface area contributed by atoms with E-state index in [1.165, 1.54) is 0 Å². The molecule has 1 amide bonds. The van der Waals surface area contributed by atoms with E-state index in [2.05, 4.69) is 15.3 Å². The summed E-state index contributed by atoms with van der Waals surface area (Å²) < 4.78 is 1.89. The number of fused-ring (bicyclic) bond motifs is 1. The second-order valence-corrected chi connectivity index (χ2v) is 5.92. The van der Waals surface area contributed by atoms with Gasteiger partial charge < -0.3 is 9.72 Å². The van der Waals surface area contributed by atoms with Crippen LogP contribution in [0.2, 0.25) is 5.02 Å². The van der Waals surface area contributed by atoms with Gasteiger partial charge in [-0.15, -0.1) is 0 Å². The number of halogens is 1. The lowest BCUT2D eigenvalue weighted by atomic mass is 10.2. The Labute approximate surface area is 148 Å². The van der Waals surface area contributed by atoms with Gasteiger partial charge in [0.25, 0.3) is 5.91 Å². The molecule has 0 bridgehead atoms. The van der Waals surface area contributed by atoms with E-state index >= 15 is 0 Å². The highest BCUT2D eigenvalue weighted by atomic mass is 35.5. The third-order valence-corrected chi connectivity index (χ3v) is 3.99. The maximum atomic E-state index is 12.4. The molecule has 0 atom stereocenters. The first kappa shape index (κ1) is 15.4. The van der Waals surface area contributed by atoms with E-state index in [1.807, 2.05) is 47.1 Å². The molecule has 6 heteroatoms. The highest BCUT2D eigenvalue weighted by Crippen LogP contribution is 2.20. The second-order valence-electron chi connectivity index (χ2n) is 5.49. The van der Waals surface area contributed by atoms with Crippen molar-refractivity contribution in [2.45, 2.75) is 0 Å². The predicted octanol–water partition coefficient (Wildman–Crippen LogP) is 4.30. The molecule has 0 aliphatic heterocycles. The number of imidazole rings is 1. The number of hydrogen-bond acceptors (Lipinski definition) is 3. The summed E-state index contributed by atoms with van der Waals surface area (Å²) in [5, 5.41) is 3.25. The molecule has 0 unspecified atom stereocenters. The molecule has 0 saturated heterocycles. The zero-order chi connectivity index (χ0) is 17.2. The van der Waals surface area contributed by atoms with Crippen molar-refractivity contribution < 1.29 is 4.79 Å². The van der Waals surface area contributed by atoms with Crippen LogP contribution in [0.1, 0.15) is 10.4 Å². The van der Waals surface area contributed by atoms with E-state index in [0.29, 0.717) is 22.1 Å². The largest absolute Gasteiger partial charge is 0.307 e. The molecule has 0 radical (unpaired) electrons. The van der Waals surface area contributed by atoms with E-state index < -0.39 is 0 Å². The minimum atomic E-state index is -0.262. The summed E-state index contributed by atoms with van der Waals surface area (Å²) in [7, 11) is 0. The molecule has 122 valence electrons. The summed E-state index contributed by atoms with van der Waals surface area (Å²) in [6.07, 6.45) is 5.29. The molecule has 0 saturated carbocycles. The van der Waals surface area contributed by atoms with Crippen LogP contribution in [0.3, 0.4) is 0 Å². The average Bonchev–Trinajstić information content (AvgIpc) is 3.06. The Morgan fingerprint density at radius 1 is 1.08 bits per heavy atom. The molecule has 0 spiro atoms. The van der Waals surface area contributed by atoms with Gasteiger partial charge in [-0.2, -0.15) is 0 Å². The SMILES string of the molecule is O=C(Nc1cc(Cl)ccn1)c1ccn2cc(-c3ccccc3)nc2c1. The molecule has 3 aromatic heterocycles.